The molecule has 0 heterocycles. The number of hydrogen-bond acceptors (Lipinski definition) is 1. The topological polar surface area (TPSA) is 15.3 Å². The molecule has 2 nitrogen and oxygen atoms in total. The van der Waals surface area contributed by atoms with Crippen LogP contribution in [0.4, 0.5) is 0 Å². The molecule has 0 bridgehead atoms. The Morgan fingerprint density at radius 3 is 2.45 bits per heavy atom. The Morgan fingerprint density at radius 1 is 1.45 bits per heavy atom. The molecule has 1 saturated carbocycles. The summed E-state index contributed by atoms with van der Waals surface area (Å²) in [6.45, 7) is 0. The maximum absolute atomic E-state index is 5.13. The second kappa shape index (κ2) is 3.90. The minimum absolute atomic E-state index is 0.690. The Morgan fingerprint density at radius 2 is 2.00 bits per heavy atom. The van der Waals surface area contributed by atoms with Gasteiger partial charge < -0.3 is 10.2 Å². The largest absolute Gasteiger partial charge is 0.366 e. The van der Waals surface area contributed by atoms with Crippen LogP contribution in [0.2, 0.25) is 0 Å². The monoisotopic (exact) mass is 172 g/mol. The van der Waals surface area contributed by atoms with Gasteiger partial charge in [-0.05, 0) is 25.1 Å². The van der Waals surface area contributed by atoms with Gasteiger partial charge in [-0.1, -0.05) is 12.8 Å². The van der Waals surface area contributed by atoms with Crippen LogP contribution in [0.1, 0.15) is 25.7 Å². The Hall–Kier alpha value is -0.310. The lowest BCUT2D eigenvalue weighted by Crippen LogP contribution is -2.40. The van der Waals surface area contributed by atoms with E-state index in [4.69, 9.17) is 12.2 Å². The summed E-state index contributed by atoms with van der Waals surface area (Å²) >= 11 is 5.13. The van der Waals surface area contributed by atoms with Crippen LogP contribution < -0.4 is 5.32 Å². The fraction of sp³-hybridized carbons (Fsp3) is 0.875. The molecule has 0 radical (unpaired) electrons. The first-order valence-electron chi connectivity index (χ1n) is 4.20. The predicted octanol–water partition coefficient (Wildman–Crippen LogP) is 1.37. The molecule has 0 aromatic rings. The van der Waals surface area contributed by atoms with E-state index >= 15 is 0 Å². The van der Waals surface area contributed by atoms with Gasteiger partial charge in [-0.3, -0.25) is 0 Å². The summed E-state index contributed by atoms with van der Waals surface area (Å²) in [6.07, 6.45) is 5.33. The van der Waals surface area contributed by atoms with Gasteiger partial charge in [0.2, 0.25) is 0 Å². The van der Waals surface area contributed by atoms with Gasteiger partial charge in [-0.2, -0.15) is 0 Å². The van der Waals surface area contributed by atoms with Gasteiger partial charge in [0.1, 0.15) is 0 Å². The molecule has 0 spiro atoms. The molecular formula is C8H16N2S. The van der Waals surface area contributed by atoms with E-state index in [0.717, 1.165) is 5.11 Å². The lowest BCUT2D eigenvalue weighted by molar-refractivity contribution is 0.369. The molecule has 1 fully saturated rings. The molecule has 1 N–H and O–H groups in total. The van der Waals surface area contributed by atoms with Crippen molar-refractivity contribution in [3.05, 3.63) is 0 Å². The van der Waals surface area contributed by atoms with E-state index in [1.165, 1.54) is 25.7 Å². The van der Waals surface area contributed by atoms with Crippen molar-refractivity contribution in [3.8, 4) is 0 Å². The second-order valence-electron chi connectivity index (χ2n) is 3.10. The zero-order chi connectivity index (χ0) is 8.27. The third-order valence-electron chi connectivity index (χ3n) is 2.41. The summed E-state index contributed by atoms with van der Waals surface area (Å²) in [5.74, 6) is 0. The third kappa shape index (κ3) is 2.06. The molecule has 0 amide bonds. The first-order valence-corrected chi connectivity index (χ1v) is 4.61. The van der Waals surface area contributed by atoms with E-state index in [1.807, 2.05) is 7.05 Å². The average molecular weight is 172 g/mol. The Bertz CT molecular complexity index is 141. The highest BCUT2D eigenvalue weighted by molar-refractivity contribution is 7.80. The maximum Gasteiger partial charge on any atom is 0.168 e. The van der Waals surface area contributed by atoms with Crippen molar-refractivity contribution >= 4 is 17.3 Å². The van der Waals surface area contributed by atoms with Crippen LogP contribution in [-0.4, -0.2) is 30.1 Å². The summed E-state index contributed by atoms with van der Waals surface area (Å²) in [5, 5.41) is 3.87. The Labute approximate surface area is 74.0 Å². The first-order chi connectivity index (χ1) is 5.25. The van der Waals surface area contributed by atoms with Crippen LogP contribution in [0.3, 0.4) is 0 Å². The van der Waals surface area contributed by atoms with Gasteiger partial charge in [-0.15, -0.1) is 0 Å². The normalized spacial score (nSPS) is 18.4. The third-order valence-corrected chi connectivity index (χ3v) is 2.90. The second-order valence-corrected chi connectivity index (χ2v) is 3.49. The molecule has 64 valence electrons. The van der Waals surface area contributed by atoms with Crippen LogP contribution in [-0.2, 0) is 0 Å². The molecule has 0 saturated heterocycles. The minimum atomic E-state index is 0.690. The maximum atomic E-state index is 5.13. The minimum Gasteiger partial charge on any atom is -0.366 e. The number of thiocarbonyl (C=S) groups is 1. The summed E-state index contributed by atoms with van der Waals surface area (Å²) in [4.78, 5) is 2.18. The van der Waals surface area contributed by atoms with E-state index in [-0.39, 0.29) is 0 Å². The van der Waals surface area contributed by atoms with Gasteiger partial charge in [0.15, 0.2) is 5.11 Å². The van der Waals surface area contributed by atoms with Crippen LogP contribution in [0, 0.1) is 0 Å². The lowest BCUT2D eigenvalue weighted by atomic mass is 10.2. The van der Waals surface area contributed by atoms with E-state index in [1.54, 1.807) is 0 Å². The van der Waals surface area contributed by atoms with Crippen molar-refractivity contribution in [1.29, 1.82) is 0 Å². The summed E-state index contributed by atoms with van der Waals surface area (Å²) < 4.78 is 0. The molecule has 0 unspecified atom stereocenters. The quantitative estimate of drug-likeness (QED) is 0.601. The molecule has 3 heteroatoms. The van der Waals surface area contributed by atoms with Gasteiger partial charge in [0.25, 0.3) is 0 Å². The zero-order valence-corrected chi connectivity index (χ0v) is 8.08. The van der Waals surface area contributed by atoms with Gasteiger partial charge in [0, 0.05) is 20.1 Å². The van der Waals surface area contributed by atoms with Crippen molar-refractivity contribution in [1.82, 2.24) is 10.2 Å². The number of rotatable bonds is 1. The predicted molar refractivity (Wildman–Crippen MR) is 51.7 cm³/mol. The van der Waals surface area contributed by atoms with Crippen molar-refractivity contribution < 1.29 is 0 Å². The fourth-order valence-electron chi connectivity index (χ4n) is 1.63. The van der Waals surface area contributed by atoms with Crippen molar-refractivity contribution in [2.75, 3.05) is 14.1 Å². The molecule has 11 heavy (non-hydrogen) atoms. The van der Waals surface area contributed by atoms with Crippen molar-refractivity contribution in [2.24, 2.45) is 0 Å². The molecule has 1 aliphatic rings. The SMILES string of the molecule is CNC(=S)N(C)C1CCCC1. The molecule has 1 aliphatic carbocycles. The smallest absolute Gasteiger partial charge is 0.168 e. The Kier molecular flexibility index (Phi) is 3.12. The molecule has 0 aromatic heterocycles. The van der Waals surface area contributed by atoms with Crippen LogP contribution >= 0.6 is 12.2 Å². The molecule has 0 atom stereocenters. The Balaban J connectivity index is 2.39. The van der Waals surface area contributed by atoms with Crippen LogP contribution in [0.15, 0.2) is 0 Å². The first kappa shape index (κ1) is 8.78. The number of nitrogens with one attached hydrogen (secondary N) is 1. The van der Waals surface area contributed by atoms with Crippen LogP contribution in [0.25, 0.3) is 0 Å². The van der Waals surface area contributed by atoms with Crippen molar-refractivity contribution in [3.63, 3.8) is 0 Å². The zero-order valence-electron chi connectivity index (χ0n) is 7.26. The number of hydrogen-bond donors (Lipinski definition) is 1. The van der Waals surface area contributed by atoms with E-state index in [2.05, 4.69) is 17.3 Å². The van der Waals surface area contributed by atoms with E-state index in [0.29, 0.717) is 6.04 Å². The molecule has 0 aliphatic heterocycles. The van der Waals surface area contributed by atoms with Gasteiger partial charge in [-0.25, -0.2) is 0 Å². The summed E-state index contributed by atoms with van der Waals surface area (Å²) in [7, 11) is 3.96. The van der Waals surface area contributed by atoms with E-state index < -0.39 is 0 Å². The lowest BCUT2D eigenvalue weighted by Gasteiger charge is -2.26. The highest BCUT2D eigenvalue weighted by Gasteiger charge is 2.20. The summed E-state index contributed by atoms with van der Waals surface area (Å²) in [5.41, 5.74) is 0. The standard InChI is InChI=1S/C8H16N2S/c1-9-8(11)10(2)7-5-3-4-6-7/h7H,3-6H2,1-2H3,(H,9,11). The number of nitrogens with zero attached hydrogens (tertiary/aromatic N) is 1. The highest BCUT2D eigenvalue weighted by Crippen LogP contribution is 2.22. The average Bonchev–Trinajstić information content (AvgIpc) is 2.53. The van der Waals surface area contributed by atoms with Gasteiger partial charge >= 0.3 is 0 Å². The van der Waals surface area contributed by atoms with E-state index in [9.17, 15) is 0 Å². The highest BCUT2D eigenvalue weighted by atomic mass is 32.1. The molecular weight excluding hydrogens is 156 g/mol. The fourth-order valence-corrected chi connectivity index (χ4v) is 1.78. The molecule has 1 rings (SSSR count). The molecule has 0 aromatic carbocycles. The van der Waals surface area contributed by atoms with Crippen molar-refractivity contribution in [2.45, 2.75) is 31.7 Å². The van der Waals surface area contributed by atoms with Crippen LogP contribution in [0.5, 0.6) is 0 Å². The summed E-state index contributed by atoms with van der Waals surface area (Å²) in [6, 6.07) is 0.690. The van der Waals surface area contributed by atoms with Gasteiger partial charge in [0.05, 0.1) is 0 Å².